The number of rotatable bonds is 7. The lowest BCUT2D eigenvalue weighted by Gasteiger charge is -2.37. The van der Waals surface area contributed by atoms with Gasteiger partial charge in [-0.05, 0) is 31.2 Å². The molecule has 1 aliphatic carbocycles. The zero-order valence-electron chi connectivity index (χ0n) is 13.6. The van der Waals surface area contributed by atoms with Crippen LogP contribution in [0.25, 0.3) is 0 Å². The normalized spacial score (nSPS) is 21.1. The van der Waals surface area contributed by atoms with Gasteiger partial charge in [-0.25, -0.2) is 4.79 Å². The number of urea groups is 1. The Kier molecular flexibility index (Phi) is 6.27. The van der Waals surface area contributed by atoms with Gasteiger partial charge in [-0.1, -0.05) is 30.3 Å². The van der Waals surface area contributed by atoms with Crippen LogP contribution in [-0.2, 0) is 11.2 Å². The quantitative estimate of drug-likeness (QED) is 0.701. The van der Waals surface area contributed by atoms with Crippen LogP contribution in [0.5, 0.6) is 0 Å². The monoisotopic (exact) mass is 358 g/mol. The molecule has 1 aromatic carbocycles. The Morgan fingerprint density at radius 1 is 1.20 bits per heavy atom. The maximum absolute atomic E-state index is 12.5. The lowest BCUT2D eigenvalue weighted by Crippen LogP contribution is -2.53. The van der Waals surface area contributed by atoms with E-state index in [1.54, 1.807) is 0 Å². The number of benzene rings is 1. The number of hydrogen-bond donors (Lipinski definition) is 3. The Morgan fingerprint density at radius 2 is 1.84 bits per heavy atom. The summed E-state index contributed by atoms with van der Waals surface area (Å²) in [4.78, 5) is 22.8. The highest BCUT2D eigenvalue weighted by Gasteiger charge is 2.48. The van der Waals surface area contributed by atoms with E-state index in [1.165, 1.54) is 0 Å². The SMILES string of the molecule is O=C(O)CCC(Cc1ccccc1)NC(=O)NC1CC(C(F)(F)F)C1. The highest BCUT2D eigenvalue weighted by Crippen LogP contribution is 2.40. The molecule has 3 N–H and O–H groups in total. The molecule has 0 saturated heterocycles. The second kappa shape index (κ2) is 8.22. The molecule has 0 aliphatic heterocycles. The molecule has 5 nitrogen and oxygen atoms in total. The Bertz CT molecular complexity index is 587. The Morgan fingerprint density at radius 3 is 2.40 bits per heavy atom. The minimum absolute atomic E-state index is 0.0998. The first-order valence-electron chi connectivity index (χ1n) is 8.13. The van der Waals surface area contributed by atoms with Gasteiger partial charge in [-0.15, -0.1) is 0 Å². The second-order valence-corrected chi connectivity index (χ2v) is 6.34. The summed E-state index contributed by atoms with van der Waals surface area (Å²) in [5.41, 5.74) is 0.943. The van der Waals surface area contributed by atoms with Crippen molar-refractivity contribution in [1.29, 1.82) is 0 Å². The molecule has 1 atom stereocenters. The van der Waals surface area contributed by atoms with Crippen LogP contribution >= 0.6 is 0 Å². The van der Waals surface area contributed by atoms with Crippen LogP contribution in [0.2, 0.25) is 0 Å². The van der Waals surface area contributed by atoms with Gasteiger partial charge < -0.3 is 15.7 Å². The smallest absolute Gasteiger partial charge is 0.391 e. The average molecular weight is 358 g/mol. The number of nitrogens with one attached hydrogen (secondary N) is 2. The first-order chi connectivity index (χ1) is 11.7. The fourth-order valence-corrected chi connectivity index (χ4v) is 2.84. The molecule has 8 heteroatoms. The Labute approximate surface area is 143 Å². The highest BCUT2D eigenvalue weighted by molar-refractivity contribution is 5.75. The van der Waals surface area contributed by atoms with Crippen LogP contribution in [0, 0.1) is 5.92 Å². The van der Waals surface area contributed by atoms with Gasteiger partial charge in [0, 0.05) is 18.5 Å². The topological polar surface area (TPSA) is 78.4 Å². The van der Waals surface area contributed by atoms with Crippen molar-refractivity contribution in [2.45, 2.75) is 50.4 Å². The number of aliphatic carboxylic acids is 1. The zero-order valence-corrected chi connectivity index (χ0v) is 13.6. The third-order valence-electron chi connectivity index (χ3n) is 4.30. The largest absolute Gasteiger partial charge is 0.481 e. The Hall–Kier alpha value is -2.25. The fourth-order valence-electron chi connectivity index (χ4n) is 2.84. The molecule has 1 aliphatic rings. The van der Waals surface area contributed by atoms with Crippen molar-refractivity contribution in [3.8, 4) is 0 Å². The van der Waals surface area contributed by atoms with E-state index in [-0.39, 0.29) is 25.7 Å². The fraction of sp³-hybridized carbons (Fsp3) is 0.529. The van der Waals surface area contributed by atoms with Crippen molar-refractivity contribution in [2.24, 2.45) is 5.92 Å². The maximum atomic E-state index is 12.5. The molecular formula is C17H21F3N2O3. The van der Waals surface area contributed by atoms with Gasteiger partial charge in [-0.2, -0.15) is 13.2 Å². The Balaban J connectivity index is 1.83. The number of alkyl halides is 3. The van der Waals surface area contributed by atoms with Crippen molar-refractivity contribution < 1.29 is 27.9 Å². The molecule has 0 aromatic heterocycles. The summed E-state index contributed by atoms with van der Waals surface area (Å²) in [7, 11) is 0. The van der Waals surface area contributed by atoms with E-state index < -0.39 is 36.2 Å². The molecule has 1 saturated carbocycles. The number of carboxylic acids is 1. The van der Waals surface area contributed by atoms with Gasteiger partial charge in [0.25, 0.3) is 0 Å². The number of carboxylic acid groups (broad SMARTS) is 1. The van der Waals surface area contributed by atoms with Crippen LogP contribution in [0.15, 0.2) is 30.3 Å². The molecule has 1 fully saturated rings. The molecule has 1 aromatic rings. The minimum atomic E-state index is -4.22. The van der Waals surface area contributed by atoms with E-state index in [2.05, 4.69) is 10.6 Å². The lowest BCUT2D eigenvalue weighted by molar-refractivity contribution is -0.198. The number of hydrogen-bond acceptors (Lipinski definition) is 2. The summed E-state index contributed by atoms with van der Waals surface area (Å²) < 4.78 is 37.4. The van der Waals surface area contributed by atoms with Crippen LogP contribution in [0.4, 0.5) is 18.0 Å². The first-order valence-corrected chi connectivity index (χ1v) is 8.13. The maximum Gasteiger partial charge on any atom is 0.391 e. The number of carbonyl (C=O) groups is 2. The van der Waals surface area contributed by atoms with E-state index in [0.717, 1.165) is 5.56 Å². The summed E-state index contributed by atoms with van der Waals surface area (Å²) in [5.74, 6) is -2.32. The van der Waals surface area contributed by atoms with E-state index in [9.17, 15) is 22.8 Å². The van der Waals surface area contributed by atoms with Crippen LogP contribution in [-0.4, -0.2) is 35.4 Å². The van der Waals surface area contributed by atoms with Crippen molar-refractivity contribution >= 4 is 12.0 Å². The molecule has 0 bridgehead atoms. The molecule has 2 amide bonds. The van der Waals surface area contributed by atoms with Gasteiger partial charge in [0.1, 0.15) is 0 Å². The van der Waals surface area contributed by atoms with Crippen molar-refractivity contribution in [1.82, 2.24) is 10.6 Å². The van der Waals surface area contributed by atoms with Gasteiger partial charge in [0.05, 0.1) is 5.92 Å². The number of amides is 2. The van der Waals surface area contributed by atoms with Gasteiger partial charge in [0.2, 0.25) is 0 Å². The summed E-state index contributed by atoms with van der Waals surface area (Å²) in [6.07, 6.45) is -3.85. The van der Waals surface area contributed by atoms with Gasteiger partial charge in [0.15, 0.2) is 0 Å². The molecule has 0 heterocycles. The molecule has 0 radical (unpaired) electrons. The predicted octanol–water partition coefficient (Wildman–Crippen LogP) is 3.10. The predicted molar refractivity (Wildman–Crippen MR) is 85.0 cm³/mol. The van der Waals surface area contributed by atoms with Crippen molar-refractivity contribution in [2.75, 3.05) is 0 Å². The van der Waals surface area contributed by atoms with E-state index in [0.29, 0.717) is 6.42 Å². The standard InChI is InChI=1S/C17H21F3N2O3/c18-17(19,20)12-9-14(10-12)22-16(25)21-13(6-7-15(23)24)8-11-4-2-1-3-5-11/h1-5,12-14H,6-10H2,(H,23,24)(H2,21,22,25). The van der Waals surface area contributed by atoms with E-state index >= 15 is 0 Å². The van der Waals surface area contributed by atoms with E-state index in [1.807, 2.05) is 30.3 Å². The van der Waals surface area contributed by atoms with Crippen molar-refractivity contribution in [3.63, 3.8) is 0 Å². The summed E-state index contributed by atoms with van der Waals surface area (Å²) in [6, 6.07) is 7.81. The molecule has 2 rings (SSSR count). The molecule has 138 valence electrons. The number of halogens is 3. The number of carbonyl (C=O) groups excluding carboxylic acids is 1. The van der Waals surface area contributed by atoms with Crippen molar-refractivity contribution in [3.05, 3.63) is 35.9 Å². The zero-order chi connectivity index (χ0) is 18.4. The third kappa shape index (κ3) is 6.28. The molecule has 0 spiro atoms. The van der Waals surface area contributed by atoms with Gasteiger partial charge >= 0.3 is 18.2 Å². The molecular weight excluding hydrogens is 337 g/mol. The minimum Gasteiger partial charge on any atom is -0.481 e. The second-order valence-electron chi connectivity index (χ2n) is 6.34. The highest BCUT2D eigenvalue weighted by atomic mass is 19.4. The summed E-state index contributed by atoms with van der Waals surface area (Å²) >= 11 is 0. The van der Waals surface area contributed by atoms with Crippen LogP contribution in [0.1, 0.15) is 31.2 Å². The first kappa shape index (κ1) is 19.1. The average Bonchev–Trinajstić information content (AvgIpc) is 2.48. The summed E-state index contributed by atoms with van der Waals surface area (Å²) in [5, 5.41) is 14.0. The third-order valence-corrected chi connectivity index (χ3v) is 4.30. The molecule has 25 heavy (non-hydrogen) atoms. The van der Waals surface area contributed by atoms with Crippen LogP contribution in [0.3, 0.4) is 0 Å². The molecule has 1 unspecified atom stereocenters. The lowest BCUT2D eigenvalue weighted by atomic mass is 9.80. The van der Waals surface area contributed by atoms with E-state index in [4.69, 9.17) is 5.11 Å². The van der Waals surface area contributed by atoms with Crippen LogP contribution < -0.4 is 10.6 Å². The van der Waals surface area contributed by atoms with Gasteiger partial charge in [-0.3, -0.25) is 4.79 Å². The summed E-state index contributed by atoms with van der Waals surface area (Å²) in [6.45, 7) is 0.